The average Bonchev–Trinajstić information content (AvgIpc) is 2.62. The second-order valence-corrected chi connectivity index (χ2v) is 8.75. The number of nitrogens with one attached hydrogen (secondary N) is 1. The Hall–Kier alpha value is -2.05. The van der Waals surface area contributed by atoms with Gasteiger partial charge in [-0.1, -0.05) is 49.6 Å². The first-order valence-electron chi connectivity index (χ1n) is 8.91. The molecule has 1 amide bonds. The quantitative estimate of drug-likeness (QED) is 0.631. The van der Waals surface area contributed by atoms with Crippen molar-refractivity contribution in [2.24, 2.45) is 0 Å². The number of anilines is 1. The molecule has 5 nitrogen and oxygen atoms in total. The Morgan fingerprint density at radius 3 is 2.41 bits per heavy atom. The number of halogens is 1. The summed E-state index contributed by atoms with van der Waals surface area (Å²) < 4.78 is 25.7. The second-order valence-electron chi connectivity index (χ2n) is 6.41. The normalized spacial score (nSPS) is 11.2. The Labute approximate surface area is 166 Å². The van der Waals surface area contributed by atoms with E-state index in [0.29, 0.717) is 22.8 Å². The number of hydrogen-bond acceptors (Lipinski definition) is 3. The molecule has 0 atom stereocenters. The van der Waals surface area contributed by atoms with Gasteiger partial charge in [-0.15, -0.1) is 0 Å². The van der Waals surface area contributed by atoms with Crippen LogP contribution in [0.2, 0.25) is 5.02 Å². The van der Waals surface area contributed by atoms with Gasteiger partial charge in [0.25, 0.3) is 5.91 Å². The molecule has 0 unspecified atom stereocenters. The van der Waals surface area contributed by atoms with E-state index in [2.05, 4.69) is 12.2 Å². The van der Waals surface area contributed by atoms with Crippen LogP contribution >= 0.6 is 11.6 Å². The first-order chi connectivity index (χ1) is 12.8. The number of amides is 1. The van der Waals surface area contributed by atoms with Gasteiger partial charge in [0.05, 0.1) is 18.5 Å². The fourth-order valence-corrected chi connectivity index (χ4v) is 3.70. The van der Waals surface area contributed by atoms with Crippen molar-refractivity contribution in [3.05, 3.63) is 64.7 Å². The molecule has 0 aromatic heterocycles. The van der Waals surface area contributed by atoms with Gasteiger partial charge in [0, 0.05) is 17.1 Å². The SMILES string of the molecule is CCCCCNC(=O)c1ccc(CN(c2cccc(Cl)c2)S(C)(=O)=O)cc1. The lowest BCUT2D eigenvalue weighted by molar-refractivity contribution is 0.0953. The molecule has 0 saturated heterocycles. The van der Waals surface area contributed by atoms with Crippen LogP contribution in [-0.2, 0) is 16.6 Å². The molecule has 0 bridgehead atoms. The van der Waals surface area contributed by atoms with Crippen molar-refractivity contribution in [1.29, 1.82) is 0 Å². The van der Waals surface area contributed by atoms with Gasteiger partial charge in [0.1, 0.15) is 0 Å². The number of carbonyl (C=O) groups is 1. The highest BCUT2D eigenvalue weighted by atomic mass is 35.5. The standard InChI is InChI=1S/C20H25ClN2O3S/c1-3-4-5-13-22-20(24)17-11-9-16(10-12-17)15-23(27(2,25)26)19-8-6-7-18(21)14-19/h6-12,14H,3-5,13,15H2,1-2H3,(H,22,24). The molecule has 146 valence electrons. The van der Waals surface area contributed by atoms with Gasteiger partial charge in [-0.05, 0) is 42.3 Å². The van der Waals surface area contributed by atoms with Gasteiger partial charge in [-0.2, -0.15) is 0 Å². The van der Waals surface area contributed by atoms with Crippen molar-refractivity contribution in [2.45, 2.75) is 32.7 Å². The molecule has 0 radical (unpaired) electrons. The van der Waals surface area contributed by atoms with Crippen molar-refractivity contribution < 1.29 is 13.2 Å². The lowest BCUT2D eigenvalue weighted by Gasteiger charge is -2.22. The van der Waals surface area contributed by atoms with Gasteiger partial charge < -0.3 is 5.32 Å². The first-order valence-corrected chi connectivity index (χ1v) is 11.1. The third-order valence-electron chi connectivity index (χ3n) is 4.10. The maximum absolute atomic E-state index is 12.2. The van der Waals surface area contributed by atoms with E-state index in [1.54, 1.807) is 48.5 Å². The van der Waals surface area contributed by atoms with Gasteiger partial charge in [0.15, 0.2) is 0 Å². The van der Waals surface area contributed by atoms with Crippen molar-refractivity contribution in [1.82, 2.24) is 5.32 Å². The summed E-state index contributed by atoms with van der Waals surface area (Å²) in [6, 6.07) is 13.7. The number of hydrogen-bond donors (Lipinski definition) is 1. The number of nitrogens with zero attached hydrogens (tertiary/aromatic N) is 1. The van der Waals surface area contributed by atoms with E-state index in [9.17, 15) is 13.2 Å². The molecule has 0 aliphatic heterocycles. The molecule has 1 N–H and O–H groups in total. The molecule has 7 heteroatoms. The smallest absolute Gasteiger partial charge is 0.251 e. The van der Waals surface area contributed by atoms with Crippen LogP contribution in [0.3, 0.4) is 0 Å². The highest BCUT2D eigenvalue weighted by Crippen LogP contribution is 2.24. The van der Waals surface area contributed by atoms with E-state index in [0.717, 1.165) is 31.1 Å². The van der Waals surface area contributed by atoms with Crippen molar-refractivity contribution in [3.8, 4) is 0 Å². The summed E-state index contributed by atoms with van der Waals surface area (Å²) in [5, 5.41) is 3.36. The molecule has 2 aromatic carbocycles. The van der Waals surface area contributed by atoms with Crippen LogP contribution in [0.15, 0.2) is 48.5 Å². The Kier molecular flexibility index (Phi) is 7.68. The predicted molar refractivity (Wildman–Crippen MR) is 111 cm³/mol. The molecule has 0 aliphatic rings. The van der Waals surface area contributed by atoms with Gasteiger partial charge in [-0.25, -0.2) is 8.42 Å². The number of sulfonamides is 1. The van der Waals surface area contributed by atoms with Crippen LogP contribution in [0.25, 0.3) is 0 Å². The highest BCUT2D eigenvalue weighted by molar-refractivity contribution is 7.92. The molecular formula is C20H25ClN2O3S. The van der Waals surface area contributed by atoms with Gasteiger partial charge in [-0.3, -0.25) is 9.10 Å². The summed E-state index contributed by atoms with van der Waals surface area (Å²) in [5.41, 5.74) is 1.84. The lowest BCUT2D eigenvalue weighted by atomic mass is 10.1. The van der Waals surface area contributed by atoms with Crippen LogP contribution in [0.5, 0.6) is 0 Å². The van der Waals surface area contributed by atoms with E-state index >= 15 is 0 Å². The molecule has 2 aromatic rings. The maximum Gasteiger partial charge on any atom is 0.251 e. The fourth-order valence-electron chi connectivity index (χ4n) is 2.64. The lowest BCUT2D eigenvalue weighted by Crippen LogP contribution is -2.29. The van der Waals surface area contributed by atoms with Gasteiger partial charge >= 0.3 is 0 Å². The topological polar surface area (TPSA) is 66.5 Å². The van der Waals surface area contributed by atoms with Crippen LogP contribution in [0.1, 0.15) is 42.1 Å². The summed E-state index contributed by atoms with van der Waals surface area (Å²) in [4.78, 5) is 12.1. The summed E-state index contributed by atoms with van der Waals surface area (Å²) in [7, 11) is -3.48. The van der Waals surface area contributed by atoms with Crippen LogP contribution in [0.4, 0.5) is 5.69 Å². The zero-order chi connectivity index (χ0) is 19.9. The van der Waals surface area contributed by atoms with Crippen LogP contribution < -0.4 is 9.62 Å². The molecule has 27 heavy (non-hydrogen) atoms. The molecular weight excluding hydrogens is 384 g/mol. The average molecular weight is 409 g/mol. The minimum absolute atomic E-state index is 0.118. The minimum Gasteiger partial charge on any atom is -0.352 e. The van der Waals surface area contributed by atoms with E-state index in [1.807, 2.05) is 0 Å². The predicted octanol–water partition coefficient (Wildman–Crippen LogP) is 4.23. The number of carbonyl (C=O) groups excluding carboxylic acids is 1. The van der Waals surface area contributed by atoms with Crippen molar-refractivity contribution >= 4 is 33.2 Å². The van der Waals surface area contributed by atoms with E-state index in [4.69, 9.17) is 11.6 Å². The Morgan fingerprint density at radius 2 is 1.81 bits per heavy atom. The van der Waals surface area contributed by atoms with Crippen LogP contribution in [-0.4, -0.2) is 27.1 Å². The molecule has 0 heterocycles. The summed E-state index contributed by atoms with van der Waals surface area (Å²) >= 11 is 5.99. The third kappa shape index (κ3) is 6.56. The van der Waals surface area contributed by atoms with Crippen molar-refractivity contribution in [2.75, 3.05) is 17.1 Å². The zero-order valence-electron chi connectivity index (χ0n) is 15.6. The highest BCUT2D eigenvalue weighted by Gasteiger charge is 2.18. The summed E-state index contributed by atoms with van der Waals surface area (Å²) in [5.74, 6) is -0.118. The number of unbranched alkanes of at least 4 members (excludes halogenated alkanes) is 2. The fraction of sp³-hybridized carbons (Fsp3) is 0.350. The number of benzene rings is 2. The van der Waals surface area contributed by atoms with E-state index < -0.39 is 10.0 Å². The largest absolute Gasteiger partial charge is 0.352 e. The Bertz CT molecular complexity index is 867. The molecule has 0 fully saturated rings. The van der Waals surface area contributed by atoms with Crippen LogP contribution in [0, 0.1) is 0 Å². The summed E-state index contributed by atoms with van der Waals surface area (Å²) in [6.45, 7) is 2.94. The molecule has 0 spiro atoms. The van der Waals surface area contributed by atoms with E-state index in [1.165, 1.54) is 4.31 Å². The maximum atomic E-state index is 12.2. The Morgan fingerprint density at radius 1 is 1.11 bits per heavy atom. The third-order valence-corrected chi connectivity index (χ3v) is 5.48. The molecule has 2 rings (SSSR count). The first kappa shape index (κ1) is 21.3. The van der Waals surface area contributed by atoms with Crippen molar-refractivity contribution in [3.63, 3.8) is 0 Å². The minimum atomic E-state index is -3.48. The van der Waals surface area contributed by atoms with E-state index in [-0.39, 0.29) is 12.5 Å². The zero-order valence-corrected chi connectivity index (χ0v) is 17.2. The Balaban J connectivity index is 2.10. The second kappa shape index (κ2) is 9.76. The summed E-state index contributed by atoms with van der Waals surface area (Å²) in [6.07, 6.45) is 4.31. The molecule has 0 saturated carbocycles. The number of rotatable bonds is 9. The van der Waals surface area contributed by atoms with Gasteiger partial charge in [0.2, 0.25) is 10.0 Å². The monoisotopic (exact) mass is 408 g/mol. The molecule has 0 aliphatic carbocycles.